The van der Waals surface area contributed by atoms with E-state index in [1.165, 1.54) is 0 Å². The number of rotatable bonds is 4. The van der Waals surface area contributed by atoms with Crippen molar-refractivity contribution >= 4 is 13.6 Å². The molecule has 0 aliphatic rings. The predicted molar refractivity (Wildman–Crippen MR) is 32.5 cm³/mol. The monoisotopic (exact) mass is 208 g/mol. The molecule has 8 heteroatoms. The summed E-state index contributed by atoms with van der Waals surface area (Å²) >= 11 is 0. The summed E-state index contributed by atoms with van der Waals surface area (Å²) in [5.41, 5.74) is 0. The molecule has 0 saturated heterocycles. The first-order valence-electron chi connectivity index (χ1n) is 2.39. The summed E-state index contributed by atoms with van der Waals surface area (Å²) in [6.45, 7) is -0.439. The summed E-state index contributed by atoms with van der Waals surface area (Å²) in [6, 6.07) is 0. The third kappa shape index (κ3) is 14.1. The Hall–Kier alpha value is 1.22. The number of carboxylic acids is 1. The molecule has 0 rings (SSSR count). The van der Waals surface area contributed by atoms with Crippen molar-refractivity contribution in [3.63, 3.8) is 0 Å². The smallest absolute Gasteiger partial charge is 0.480 e. The molecule has 0 aliphatic carbocycles. The van der Waals surface area contributed by atoms with E-state index in [1.54, 1.807) is 0 Å². The summed E-state index contributed by atoms with van der Waals surface area (Å²) < 4.78 is 10.1. The van der Waals surface area contributed by atoms with Crippen LogP contribution in [0.25, 0.3) is 0 Å². The van der Waals surface area contributed by atoms with Gasteiger partial charge in [-0.15, -0.1) is 0 Å². The minimum absolute atomic E-state index is 0. The Morgan fingerprint density at radius 2 is 1.91 bits per heavy atom. The van der Waals surface area contributed by atoms with Gasteiger partial charge in [0.2, 0.25) is 0 Å². The molecule has 0 unspecified atom stereocenters. The Labute approximate surface area is 106 Å². The van der Waals surface area contributed by atoms with Crippen molar-refractivity contribution in [3.05, 3.63) is 0 Å². The van der Waals surface area contributed by atoms with E-state index in [0.29, 0.717) is 0 Å². The molecule has 0 aliphatic heterocycles. The minimum atomic E-state index is -4.10. The zero-order valence-electron chi connectivity index (χ0n) is 6.02. The van der Waals surface area contributed by atoms with Gasteiger partial charge in [-0.2, -0.15) is 0 Å². The zero-order chi connectivity index (χ0) is 8.20. The molecular weight excluding hydrogens is 200 g/mol. The minimum Gasteiger partial charge on any atom is -0.480 e. The second kappa shape index (κ2) is 6.70. The molecule has 0 atom stereocenters. The van der Waals surface area contributed by atoms with Crippen LogP contribution in [0.15, 0.2) is 0 Å². The fraction of sp³-hybridized carbons (Fsp3) is 0.667. The van der Waals surface area contributed by atoms with Crippen molar-refractivity contribution < 1.29 is 75.6 Å². The van der Waals surface area contributed by atoms with E-state index in [4.69, 9.17) is 14.9 Å². The summed E-state index contributed by atoms with van der Waals surface area (Å²) in [5, 5.41) is 10.1. The van der Waals surface area contributed by atoms with Crippen LogP contribution in [0.1, 0.15) is 0 Å². The van der Waals surface area contributed by atoms with Crippen LogP contribution in [-0.2, 0) is 9.36 Å². The largest absolute Gasteiger partial charge is 1.00 e. The van der Waals surface area contributed by atoms with E-state index >= 15 is 0 Å². The molecule has 6 nitrogen and oxygen atoms in total. The number of aliphatic carboxylic acids is 1. The van der Waals surface area contributed by atoms with Gasteiger partial charge in [-0.05, 0) is 0 Å². The van der Waals surface area contributed by atoms with E-state index in [1.807, 2.05) is 0 Å². The van der Waals surface area contributed by atoms with Crippen molar-refractivity contribution in [2.45, 2.75) is 0 Å². The van der Waals surface area contributed by atoms with E-state index in [0.717, 1.165) is 0 Å². The molecule has 0 aromatic carbocycles. The van der Waals surface area contributed by atoms with Crippen LogP contribution in [0.4, 0.5) is 0 Å². The van der Waals surface area contributed by atoms with Crippen LogP contribution in [0, 0.1) is 0 Å². The van der Waals surface area contributed by atoms with Crippen molar-refractivity contribution in [1.82, 2.24) is 5.32 Å². The summed E-state index contributed by atoms with van der Waals surface area (Å²) in [7, 11) is -4.10. The third-order valence-electron chi connectivity index (χ3n) is 0.594. The second-order valence-electron chi connectivity index (χ2n) is 1.64. The standard InChI is InChI=1S/C3H8NO5P.K/c5-3(6)1-4-2-10(7,8)9;/h4H,1-2H2,(H,5,6)(H2,7,8,9);/q;+1. The first-order chi connectivity index (χ1) is 4.42. The molecular formula is C3H8KNO5P+. The topological polar surface area (TPSA) is 107 Å². The second-order valence-corrected chi connectivity index (χ2v) is 3.29. The van der Waals surface area contributed by atoms with Gasteiger partial charge in [0, 0.05) is 0 Å². The van der Waals surface area contributed by atoms with E-state index in [2.05, 4.69) is 5.32 Å². The summed E-state index contributed by atoms with van der Waals surface area (Å²) in [5.74, 6) is -1.14. The number of carboxylic acid groups (broad SMARTS) is 1. The average Bonchev–Trinajstić information content (AvgIpc) is 1.59. The summed E-state index contributed by atoms with van der Waals surface area (Å²) in [6.07, 6.45) is -0.598. The Morgan fingerprint density at radius 1 is 1.45 bits per heavy atom. The Kier molecular flexibility index (Phi) is 8.97. The van der Waals surface area contributed by atoms with E-state index in [9.17, 15) is 9.36 Å². The van der Waals surface area contributed by atoms with Crippen LogP contribution < -0.4 is 56.7 Å². The maximum absolute atomic E-state index is 10.1. The van der Waals surface area contributed by atoms with E-state index < -0.39 is 26.4 Å². The van der Waals surface area contributed by atoms with Crippen LogP contribution in [0.3, 0.4) is 0 Å². The first kappa shape index (κ1) is 14.7. The number of nitrogens with one attached hydrogen (secondary N) is 1. The van der Waals surface area contributed by atoms with Crippen molar-refractivity contribution in [1.29, 1.82) is 0 Å². The van der Waals surface area contributed by atoms with Gasteiger partial charge in [0.15, 0.2) is 0 Å². The predicted octanol–water partition coefficient (Wildman–Crippen LogP) is -4.20. The van der Waals surface area contributed by atoms with Gasteiger partial charge < -0.3 is 14.9 Å². The third-order valence-corrected chi connectivity index (χ3v) is 1.23. The normalized spacial score (nSPS) is 10.4. The molecule has 4 N–H and O–H groups in total. The van der Waals surface area contributed by atoms with Gasteiger partial charge in [-0.3, -0.25) is 14.7 Å². The average molecular weight is 208 g/mol. The maximum Gasteiger partial charge on any atom is 1.00 e. The maximum atomic E-state index is 10.1. The molecule has 0 aromatic heterocycles. The Bertz CT molecular complexity index is 167. The van der Waals surface area contributed by atoms with Crippen LogP contribution in [0.2, 0.25) is 0 Å². The Balaban J connectivity index is 0. The van der Waals surface area contributed by atoms with Crippen LogP contribution >= 0.6 is 7.60 Å². The van der Waals surface area contributed by atoms with Gasteiger partial charge >= 0.3 is 64.9 Å². The molecule has 0 saturated carbocycles. The van der Waals surface area contributed by atoms with Crippen molar-refractivity contribution in [2.75, 3.05) is 12.8 Å². The number of hydrogen-bond acceptors (Lipinski definition) is 3. The number of hydrogen-bond donors (Lipinski definition) is 4. The fourth-order valence-corrected chi connectivity index (χ4v) is 0.712. The molecule has 0 radical (unpaired) electrons. The van der Waals surface area contributed by atoms with Gasteiger partial charge in [0.25, 0.3) is 0 Å². The molecule has 0 spiro atoms. The Morgan fingerprint density at radius 3 is 2.18 bits per heavy atom. The molecule has 0 bridgehead atoms. The fourth-order valence-electron chi connectivity index (χ4n) is 0.308. The first-order valence-corrected chi connectivity index (χ1v) is 4.18. The van der Waals surface area contributed by atoms with Gasteiger partial charge in [-0.25, -0.2) is 0 Å². The van der Waals surface area contributed by atoms with Crippen LogP contribution in [0.5, 0.6) is 0 Å². The van der Waals surface area contributed by atoms with Crippen molar-refractivity contribution in [2.24, 2.45) is 0 Å². The molecule has 0 fully saturated rings. The molecule has 60 valence electrons. The molecule has 11 heavy (non-hydrogen) atoms. The molecule has 0 heterocycles. The molecule has 0 amide bonds. The quantitative estimate of drug-likeness (QED) is 0.276. The van der Waals surface area contributed by atoms with Gasteiger partial charge in [0.05, 0.1) is 12.8 Å². The SMILES string of the molecule is O=C(O)CNCP(=O)(O)O.[K+]. The van der Waals surface area contributed by atoms with Gasteiger partial charge in [0.1, 0.15) is 0 Å². The van der Waals surface area contributed by atoms with Gasteiger partial charge in [-0.1, -0.05) is 0 Å². The van der Waals surface area contributed by atoms with Crippen LogP contribution in [-0.4, -0.2) is 33.7 Å². The van der Waals surface area contributed by atoms with E-state index in [-0.39, 0.29) is 51.4 Å². The summed E-state index contributed by atoms with van der Waals surface area (Å²) in [4.78, 5) is 26.1. The zero-order valence-corrected chi connectivity index (χ0v) is 10.0. The molecule has 0 aromatic rings. The van der Waals surface area contributed by atoms with Crippen molar-refractivity contribution in [3.8, 4) is 0 Å². The number of carbonyl (C=O) groups is 1.